The Morgan fingerprint density at radius 3 is 1.54 bits per heavy atom. The summed E-state index contributed by atoms with van der Waals surface area (Å²) in [5, 5.41) is 20.9. The van der Waals surface area contributed by atoms with E-state index in [2.05, 4.69) is 31.9 Å². The molecule has 0 fully saturated rings. The molecule has 9 heteroatoms. The van der Waals surface area contributed by atoms with Gasteiger partial charge in [-0.05, 0) is 0 Å². The Balaban J connectivity index is 3.47. The van der Waals surface area contributed by atoms with Gasteiger partial charge in [0.1, 0.15) is 0 Å². The van der Waals surface area contributed by atoms with E-state index in [1.807, 2.05) is 0 Å². The minimum atomic E-state index is -0.752. The van der Waals surface area contributed by atoms with Crippen molar-refractivity contribution in [2.75, 3.05) is 0 Å². The molecule has 0 aliphatic carbocycles. The third-order valence-corrected chi connectivity index (χ3v) is 5.14. The summed E-state index contributed by atoms with van der Waals surface area (Å²) in [5.41, 5.74) is -0.895. The molecule has 1 aromatic rings. The molecule has 13 heavy (non-hydrogen) atoms. The molecule has 0 unspecified atom stereocenters. The normalized spacial score (nSPS) is 10.0. The molecule has 0 amide bonds. The van der Waals surface area contributed by atoms with Crippen LogP contribution in [0.2, 0.25) is 0 Å². The Labute approximate surface area is 94.2 Å². The van der Waals surface area contributed by atoms with Gasteiger partial charge in [0.25, 0.3) is 0 Å². The Hall–Kier alpha value is -0.241. The Bertz CT molecular complexity index is 355. The van der Waals surface area contributed by atoms with Crippen molar-refractivity contribution in [1.82, 2.24) is 0 Å². The monoisotopic (exact) mass is 378 g/mol. The van der Waals surface area contributed by atoms with Crippen molar-refractivity contribution in [3.63, 3.8) is 0 Å². The number of hydrogen-bond acceptors (Lipinski definition) is 4. The third kappa shape index (κ3) is 1.98. The SMILES string of the molecule is O=[N+]([O-])c1c(Br)[se]c(Br)c1[N+](=O)[O-]. The summed E-state index contributed by atoms with van der Waals surface area (Å²) >= 11 is 5.49. The van der Waals surface area contributed by atoms with Crippen molar-refractivity contribution >= 4 is 57.7 Å². The van der Waals surface area contributed by atoms with Gasteiger partial charge in [0.2, 0.25) is 0 Å². The predicted octanol–water partition coefficient (Wildman–Crippen LogP) is 2.08. The van der Waals surface area contributed by atoms with Crippen molar-refractivity contribution in [2.45, 2.75) is 0 Å². The summed E-state index contributed by atoms with van der Waals surface area (Å²) in [7, 11) is 0. The van der Waals surface area contributed by atoms with Crippen LogP contribution in [0.3, 0.4) is 0 Å². The van der Waals surface area contributed by atoms with E-state index in [4.69, 9.17) is 0 Å². The molecule has 0 saturated carbocycles. The van der Waals surface area contributed by atoms with Crippen LogP contribution in [-0.2, 0) is 0 Å². The average Bonchev–Trinajstić information content (AvgIpc) is 2.24. The van der Waals surface area contributed by atoms with Crippen LogP contribution >= 0.6 is 31.9 Å². The van der Waals surface area contributed by atoms with Crippen molar-refractivity contribution in [3.05, 3.63) is 26.9 Å². The molecule has 1 aromatic heterocycles. The van der Waals surface area contributed by atoms with Crippen LogP contribution in [0, 0.1) is 20.2 Å². The molecule has 1 rings (SSSR count). The maximum atomic E-state index is 10.4. The number of nitrogens with zero attached hydrogens (tertiary/aromatic N) is 2. The average molecular weight is 379 g/mol. The first-order valence-electron chi connectivity index (χ1n) is 2.71. The second-order valence-corrected chi connectivity index (χ2v) is 7.95. The minimum absolute atomic E-state index is 0.281. The Morgan fingerprint density at radius 2 is 1.31 bits per heavy atom. The number of rotatable bonds is 2. The zero-order valence-electron chi connectivity index (χ0n) is 5.69. The molecular weight excluding hydrogens is 379 g/mol. The second kappa shape index (κ2) is 3.87. The molecule has 0 radical (unpaired) electrons. The van der Waals surface area contributed by atoms with E-state index < -0.39 is 35.7 Å². The molecule has 0 aliphatic heterocycles. The van der Waals surface area contributed by atoms with Gasteiger partial charge in [-0.2, -0.15) is 0 Å². The van der Waals surface area contributed by atoms with E-state index in [-0.39, 0.29) is 6.69 Å². The number of halogens is 2. The van der Waals surface area contributed by atoms with E-state index in [1.54, 1.807) is 0 Å². The van der Waals surface area contributed by atoms with Gasteiger partial charge in [-0.3, -0.25) is 0 Å². The van der Waals surface area contributed by atoms with E-state index in [0.29, 0.717) is 0 Å². The Kier molecular flexibility index (Phi) is 3.22. The van der Waals surface area contributed by atoms with Gasteiger partial charge in [0.05, 0.1) is 0 Å². The quantitative estimate of drug-likeness (QED) is 0.448. The van der Waals surface area contributed by atoms with Crippen LogP contribution in [0.1, 0.15) is 0 Å². The summed E-state index contributed by atoms with van der Waals surface area (Å²) in [4.78, 5) is 19.4. The van der Waals surface area contributed by atoms with Gasteiger partial charge in [-0.1, -0.05) is 0 Å². The van der Waals surface area contributed by atoms with Gasteiger partial charge < -0.3 is 0 Å². The summed E-state index contributed by atoms with van der Waals surface area (Å²) in [5.74, 6) is 0. The molecule has 0 aromatic carbocycles. The van der Waals surface area contributed by atoms with Crippen LogP contribution in [0.15, 0.2) is 6.69 Å². The fourth-order valence-corrected chi connectivity index (χ4v) is 5.61. The van der Waals surface area contributed by atoms with Gasteiger partial charge in [0, 0.05) is 0 Å². The number of hydrogen-bond donors (Lipinski definition) is 0. The fraction of sp³-hybridized carbons (Fsp3) is 0. The zero-order valence-corrected chi connectivity index (χ0v) is 10.6. The first-order chi connectivity index (χ1) is 5.95. The second-order valence-electron chi connectivity index (χ2n) is 1.86. The van der Waals surface area contributed by atoms with E-state index in [9.17, 15) is 20.2 Å². The van der Waals surface area contributed by atoms with E-state index >= 15 is 0 Å². The summed E-state index contributed by atoms with van der Waals surface area (Å²) in [6, 6.07) is 0. The van der Waals surface area contributed by atoms with E-state index in [1.165, 1.54) is 0 Å². The topological polar surface area (TPSA) is 86.3 Å². The van der Waals surface area contributed by atoms with Crippen molar-refractivity contribution < 1.29 is 9.85 Å². The van der Waals surface area contributed by atoms with Crippen LogP contribution < -0.4 is 0 Å². The predicted molar refractivity (Wildman–Crippen MR) is 52.1 cm³/mol. The van der Waals surface area contributed by atoms with Gasteiger partial charge in [0.15, 0.2) is 0 Å². The fourth-order valence-electron chi connectivity index (χ4n) is 0.678. The van der Waals surface area contributed by atoms with Crippen molar-refractivity contribution in [2.24, 2.45) is 0 Å². The molecule has 0 N–H and O–H groups in total. The van der Waals surface area contributed by atoms with Gasteiger partial charge >= 0.3 is 94.5 Å². The molecule has 0 saturated heterocycles. The summed E-state index contributed by atoms with van der Waals surface area (Å²) in [6.07, 6.45) is 0. The molecule has 0 bridgehead atoms. The molecule has 0 aliphatic rings. The molecule has 0 atom stereocenters. The standard InChI is InChI=1S/C4Br2N2O4Se/c5-3-1(7(9)10)2(8(11)12)4(6)13-3. The first kappa shape index (κ1) is 10.8. The van der Waals surface area contributed by atoms with E-state index in [0.717, 1.165) is 0 Å². The Morgan fingerprint density at radius 1 is 1.00 bits per heavy atom. The van der Waals surface area contributed by atoms with Gasteiger partial charge in [-0.25, -0.2) is 0 Å². The molecule has 70 valence electrons. The zero-order chi connectivity index (χ0) is 10.2. The molecule has 1 heterocycles. The summed E-state index contributed by atoms with van der Waals surface area (Å²) in [6.45, 7) is 0. The van der Waals surface area contributed by atoms with Crippen LogP contribution in [0.5, 0.6) is 0 Å². The number of nitro groups is 2. The van der Waals surface area contributed by atoms with Crippen molar-refractivity contribution in [3.8, 4) is 0 Å². The van der Waals surface area contributed by atoms with Gasteiger partial charge in [-0.15, -0.1) is 0 Å². The van der Waals surface area contributed by atoms with Crippen LogP contribution in [0.25, 0.3) is 0 Å². The third-order valence-electron chi connectivity index (χ3n) is 1.14. The van der Waals surface area contributed by atoms with Crippen LogP contribution in [-0.4, -0.2) is 24.4 Å². The molecule has 0 spiro atoms. The molecular formula is C4Br2N2O4Se. The van der Waals surface area contributed by atoms with Crippen molar-refractivity contribution in [1.29, 1.82) is 0 Å². The molecule has 6 nitrogen and oxygen atoms in total. The summed E-state index contributed by atoms with van der Waals surface area (Å²) < 4.78 is 0.562. The maximum absolute atomic E-state index is 10.4. The first-order valence-corrected chi connectivity index (χ1v) is 6.01. The van der Waals surface area contributed by atoms with Crippen LogP contribution in [0.4, 0.5) is 11.4 Å².